The van der Waals surface area contributed by atoms with E-state index < -0.39 is 0 Å². The number of aromatic amines is 1. The lowest BCUT2D eigenvalue weighted by Crippen LogP contribution is -2.15. The Hall–Kier alpha value is -2.07. The first-order valence-electron chi connectivity index (χ1n) is 5.43. The van der Waals surface area contributed by atoms with Crippen LogP contribution in [-0.2, 0) is 6.42 Å². The maximum absolute atomic E-state index is 11.9. The molecular weight excluding hydrogens is 252 g/mol. The lowest BCUT2D eigenvalue weighted by Gasteiger charge is -2.01. The Morgan fingerprint density at radius 1 is 1.33 bits per heavy atom. The highest BCUT2D eigenvalue weighted by molar-refractivity contribution is 6.31. The van der Waals surface area contributed by atoms with E-state index in [4.69, 9.17) is 16.0 Å². The zero-order chi connectivity index (χ0) is 12.5. The van der Waals surface area contributed by atoms with E-state index in [-0.39, 0.29) is 5.56 Å². The van der Waals surface area contributed by atoms with Gasteiger partial charge >= 0.3 is 0 Å². The minimum absolute atomic E-state index is 0.207. The summed E-state index contributed by atoms with van der Waals surface area (Å²) in [6.07, 6.45) is 1.94. The molecule has 0 fully saturated rings. The van der Waals surface area contributed by atoms with Crippen molar-refractivity contribution in [2.45, 2.75) is 6.42 Å². The molecule has 4 nitrogen and oxygen atoms in total. The summed E-state index contributed by atoms with van der Waals surface area (Å²) in [5.74, 6) is 0.703. The molecule has 0 radical (unpaired) electrons. The Labute approximate surface area is 107 Å². The Kier molecular flexibility index (Phi) is 2.64. The van der Waals surface area contributed by atoms with Gasteiger partial charge in [-0.25, -0.2) is 4.98 Å². The van der Waals surface area contributed by atoms with Crippen molar-refractivity contribution in [1.82, 2.24) is 9.97 Å². The molecule has 0 spiro atoms. The summed E-state index contributed by atoms with van der Waals surface area (Å²) in [6, 6.07) is 8.76. The monoisotopic (exact) mass is 260 g/mol. The number of H-pyrrole nitrogens is 1. The molecule has 3 aromatic rings. The number of hydrogen-bond acceptors (Lipinski definition) is 3. The van der Waals surface area contributed by atoms with Gasteiger partial charge in [0, 0.05) is 5.02 Å². The third-order valence-electron chi connectivity index (χ3n) is 2.65. The van der Waals surface area contributed by atoms with Gasteiger partial charge in [0.2, 0.25) is 0 Å². The van der Waals surface area contributed by atoms with Crippen molar-refractivity contribution in [3.63, 3.8) is 0 Å². The number of nitrogens with zero attached hydrogens (tertiary/aromatic N) is 1. The van der Waals surface area contributed by atoms with Crippen LogP contribution in [0.4, 0.5) is 0 Å². The summed E-state index contributed by atoms with van der Waals surface area (Å²) < 4.78 is 5.21. The zero-order valence-electron chi connectivity index (χ0n) is 9.31. The highest BCUT2D eigenvalue weighted by Gasteiger charge is 2.07. The number of aromatic nitrogens is 2. The molecule has 0 aliphatic carbocycles. The van der Waals surface area contributed by atoms with Gasteiger partial charge in [-0.15, -0.1) is 0 Å². The number of furan rings is 1. The van der Waals surface area contributed by atoms with Crippen LogP contribution in [0.2, 0.25) is 5.02 Å². The van der Waals surface area contributed by atoms with E-state index in [1.54, 1.807) is 30.5 Å². The normalized spacial score (nSPS) is 10.9. The van der Waals surface area contributed by atoms with Crippen LogP contribution in [-0.4, -0.2) is 9.97 Å². The van der Waals surface area contributed by atoms with Gasteiger partial charge in [-0.05, 0) is 30.3 Å². The van der Waals surface area contributed by atoms with Crippen LogP contribution in [0.1, 0.15) is 11.5 Å². The predicted octanol–water partition coefficient (Wildman–Crippen LogP) is 2.76. The molecule has 0 saturated carbocycles. The largest absolute Gasteiger partial charge is 0.469 e. The highest BCUT2D eigenvalue weighted by Crippen LogP contribution is 2.15. The lowest BCUT2D eigenvalue weighted by molar-refractivity contribution is 0.518. The molecule has 0 aliphatic rings. The number of rotatable bonds is 2. The Morgan fingerprint density at radius 3 is 3.00 bits per heavy atom. The van der Waals surface area contributed by atoms with E-state index >= 15 is 0 Å². The second-order valence-corrected chi connectivity index (χ2v) is 4.37. The average molecular weight is 261 g/mol. The first kappa shape index (κ1) is 11.0. The second kappa shape index (κ2) is 4.31. The molecular formula is C13H9ClN2O2. The summed E-state index contributed by atoms with van der Waals surface area (Å²) in [6.45, 7) is 0. The molecule has 0 saturated heterocycles. The van der Waals surface area contributed by atoms with Crippen molar-refractivity contribution < 1.29 is 4.42 Å². The molecule has 0 unspecified atom stereocenters. The number of hydrogen-bond donors (Lipinski definition) is 1. The van der Waals surface area contributed by atoms with Crippen LogP contribution < -0.4 is 5.56 Å². The molecule has 0 amide bonds. The molecule has 0 bridgehead atoms. The maximum Gasteiger partial charge on any atom is 0.270 e. The summed E-state index contributed by atoms with van der Waals surface area (Å²) >= 11 is 5.90. The van der Waals surface area contributed by atoms with Crippen LogP contribution in [0.25, 0.3) is 11.0 Å². The van der Waals surface area contributed by atoms with Crippen molar-refractivity contribution in [3.8, 4) is 0 Å². The first-order chi connectivity index (χ1) is 8.72. The summed E-state index contributed by atoms with van der Waals surface area (Å²) in [5.41, 5.74) is 1.55. The van der Waals surface area contributed by atoms with Crippen LogP contribution in [0.15, 0.2) is 45.8 Å². The molecule has 1 N–H and O–H groups in total. The molecule has 1 aromatic carbocycles. The van der Waals surface area contributed by atoms with Gasteiger partial charge in [-0.2, -0.15) is 0 Å². The molecule has 2 heterocycles. The SMILES string of the molecule is O=c1[nH]c2ccc(Cl)cc2nc1Cc1ccco1. The smallest absolute Gasteiger partial charge is 0.270 e. The fraction of sp³-hybridized carbons (Fsp3) is 0.0769. The molecule has 3 rings (SSSR count). The van der Waals surface area contributed by atoms with E-state index in [0.29, 0.717) is 33.9 Å². The number of nitrogens with one attached hydrogen (secondary N) is 1. The van der Waals surface area contributed by atoms with Crippen LogP contribution in [0, 0.1) is 0 Å². The Bertz CT molecular complexity index is 747. The van der Waals surface area contributed by atoms with E-state index in [2.05, 4.69) is 9.97 Å². The van der Waals surface area contributed by atoms with E-state index in [1.165, 1.54) is 0 Å². The molecule has 0 atom stereocenters. The quantitative estimate of drug-likeness (QED) is 0.771. The van der Waals surface area contributed by atoms with Crippen LogP contribution in [0.3, 0.4) is 0 Å². The number of fused-ring (bicyclic) bond motifs is 1. The summed E-state index contributed by atoms with van der Waals surface area (Å²) in [4.78, 5) is 19.0. The fourth-order valence-corrected chi connectivity index (χ4v) is 1.96. The van der Waals surface area contributed by atoms with Gasteiger partial charge in [0.15, 0.2) is 0 Å². The van der Waals surface area contributed by atoms with Gasteiger partial charge in [0.1, 0.15) is 11.5 Å². The van der Waals surface area contributed by atoms with Gasteiger partial charge in [0.05, 0.1) is 23.7 Å². The predicted molar refractivity (Wildman–Crippen MR) is 68.9 cm³/mol. The van der Waals surface area contributed by atoms with E-state index in [9.17, 15) is 4.79 Å². The van der Waals surface area contributed by atoms with Crippen molar-refractivity contribution in [1.29, 1.82) is 0 Å². The molecule has 90 valence electrons. The highest BCUT2D eigenvalue weighted by atomic mass is 35.5. The molecule has 5 heteroatoms. The van der Waals surface area contributed by atoms with Crippen LogP contribution in [0.5, 0.6) is 0 Å². The van der Waals surface area contributed by atoms with Gasteiger partial charge in [-0.1, -0.05) is 11.6 Å². The molecule has 0 aliphatic heterocycles. The van der Waals surface area contributed by atoms with E-state index in [0.717, 1.165) is 0 Å². The maximum atomic E-state index is 11.9. The van der Waals surface area contributed by atoms with E-state index in [1.807, 2.05) is 6.07 Å². The topological polar surface area (TPSA) is 58.9 Å². The van der Waals surface area contributed by atoms with Crippen LogP contribution >= 0.6 is 11.6 Å². The molecule has 2 aromatic heterocycles. The third-order valence-corrected chi connectivity index (χ3v) is 2.88. The standard InChI is InChI=1S/C13H9ClN2O2/c14-8-3-4-10-11(6-8)15-12(13(17)16-10)7-9-2-1-5-18-9/h1-6H,7H2,(H,16,17). The fourth-order valence-electron chi connectivity index (χ4n) is 1.79. The first-order valence-corrected chi connectivity index (χ1v) is 5.81. The Balaban J connectivity index is 2.11. The van der Waals surface area contributed by atoms with Crippen molar-refractivity contribution in [2.24, 2.45) is 0 Å². The third kappa shape index (κ3) is 2.02. The molecule has 18 heavy (non-hydrogen) atoms. The van der Waals surface area contributed by atoms with Gasteiger partial charge < -0.3 is 9.40 Å². The van der Waals surface area contributed by atoms with Gasteiger partial charge in [-0.3, -0.25) is 4.79 Å². The number of benzene rings is 1. The minimum atomic E-state index is -0.207. The van der Waals surface area contributed by atoms with Crippen molar-refractivity contribution >= 4 is 22.6 Å². The zero-order valence-corrected chi connectivity index (χ0v) is 10.1. The summed E-state index contributed by atoms with van der Waals surface area (Å²) in [5, 5.41) is 0.589. The Morgan fingerprint density at radius 2 is 2.22 bits per heavy atom. The second-order valence-electron chi connectivity index (χ2n) is 3.93. The van der Waals surface area contributed by atoms with Crippen molar-refractivity contribution in [3.05, 3.63) is 63.4 Å². The number of halogens is 1. The summed E-state index contributed by atoms with van der Waals surface area (Å²) in [7, 11) is 0. The van der Waals surface area contributed by atoms with Gasteiger partial charge in [0.25, 0.3) is 5.56 Å². The van der Waals surface area contributed by atoms with Crippen molar-refractivity contribution in [2.75, 3.05) is 0 Å². The lowest BCUT2D eigenvalue weighted by atomic mass is 10.2. The minimum Gasteiger partial charge on any atom is -0.469 e. The average Bonchev–Trinajstić information content (AvgIpc) is 2.83.